The Kier molecular flexibility index (Phi) is 3.30. The molecule has 4 nitrogen and oxygen atoms in total. The van der Waals surface area contributed by atoms with E-state index in [2.05, 4.69) is 9.97 Å². The zero-order chi connectivity index (χ0) is 10.6. The summed E-state index contributed by atoms with van der Waals surface area (Å²) in [6, 6.07) is 0. The highest BCUT2D eigenvalue weighted by Gasteiger charge is 2.22. The van der Waals surface area contributed by atoms with Gasteiger partial charge in [-0.1, -0.05) is 0 Å². The van der Waals surface area contributed by atoms with E-state index in [9.17, 15) is 4.79 Å². The maximum atomic E-state index is 11.6. The molecule has 0 aliphatic heterocycles. The second kappa shape index (κ2) is 4.28. The molecule has 0 fully saturated rings. The standard InChI is InChI=1S/C10H14N2O2/c1-10(2,14-3)6-9(13)8-7-11-4-5-12-8/h4-5,7H,6H2,1-3H3. The predicted octanol–water partition coefficient (Wildman–Crippen LogP) is 1.47. The molecule has 0 bridgehead atoms. The lowest BCUT2D eigenvalue weighted by molar-refractivity contribution is 0.0170. The number of nitrogens with zero attached hydrogens (tertiary/aromatic N) is 2. The smallest absolute Gasteiger partial charge is 0.185 e. The van der Waals surface area contributed by atoms with Crippen LogP contribution in [0, 0.1) is 0 Å². The van der Waals surface area contributed by atoms with Gasteiger partial charge in [0.25, 0.3) is 0 Å². The molecule has 0 aromatic carbocycles. The molecule has 1 aromatic heterocycles. The van der Waals surface area contributed by atoms with Crippen molar-refractivity contribution < 1.29 is 9.53 Å². The van der Waals surface area contributed by atoms with Crippen molar-refractivity contribution >= 4 is 5.78 Å². The fourth-order valence-corrected chi connectivity index (χ4v) is 0.992. The highest BCUT2D eigenvalue weighted by Crippen LogP contribution is 2.15. The SMILES string of the molecule is COC(C)(C)CC(=O)c1cnccn1. The van der Waals surface area contributed by atoms with Gasteiger partial charge >= 0.3 is 0 Å². The minimum atomic E-state index is -0.450. The van der Waals surface area contributed by atoms with Gasteiger partial charge < -0.3 is 4.74 Å². The van der Waals surface area contributed by atoms with Gasteiger partial charge in [0.15, 0.2) is 5.78 Å². The molecule has 0 aliphatic carbocycles. The first-order chi connectivity index (χ1) is 6.55. The van der Waals surface area contributed by atoms with Gasteiger partial charge in [-0.2, -0.15) is 0 Å². The van der Waals surface area contributed by atoms with E-state index in [0.29, 0.717) is 12.1 Å². The Bertz CT molecular complexity index is 309. The van der Waals surface area contributed by atoms with Crippen LogP contribution in [0.25, 0.3) is 0 Å². The van der Waals surface area contributed by atoms with Gasteiger partial charge in [-0.3, -0.25) is 9.78 Å². The second-order valence-corrected chi connectivity index (χ2v) is 3.65. The monoisotopic (exact) mass is 194 g/mol. The summed E-state index contributed by atoms with van der Waals surface area (Å²) in [4.78, 5) is 19.4. The number of carbonyl (C=O) groups excluding carboxylic acids is 1. The molecule has 0 aliphatic rings. The van der Waals surface area contributed by atoms with E-state index in [1.54, 1.807) is 7.11 Å². The van der Waals surface area contributed by atoms with Crippen molar-refractivity contribution in [2.75, 3.05) is 7.11 Å². The zero-order valence-electron chi connectivity index (χ0n) is 8.65. The van der Waals surface area contributed by atoms with E-state index in [1.165, 1.54) is 18.6 Å². The van der Waals surface area contributed by atoms with Crippen molar-refractivity contribution in [3.63, 3.8) is 0 Å². The highest BCUT2D eigenvalue weighted by molar-refractivity contribution is 5.94. The van der Waals surface area contributed by atoms with Crippen LogP contribution in [0.1, 0.15) is 30.8 Å². The zero-order valence-corrected chi connectivity index (χ0v) is 8.65. The quantitative estimate of drug-likeness (QED) is 0.681. The largest absolute Gasteiger partial charge is 0.378 e. The Morgan fingerprint density at radius 2 is 2.21 bits per heavy atom. The first-order valence-electron chi connectivity index (χ1n) is 4.39. The summed E-state index contributed by atoms with van der Waals surface area (Å²) in [5.74, 6) is -0.0510. The molecule has 14 heavy (non-hydrogen) atoms. The fourth-order valence-electron chi connectivity index (χ4n) is 0.992. The number of ketones is 1. The third kappa shape index (κ3) is 2.88. The van der Waals surface area contributed by atoms with Crippen LogP contribution >= 0.6 is 0 Å². The number of methoxy groups -OCH3 is 1. The van der Waals surface area contributed by atoms with Crippen molar-refractivity contribution in [2.45, 2.75) is 25.9 Å². The minimum Gasteiger partial charge on any atom is -0.378 e. The average molecular weight is 194 g/mol. The lowest BCUT2D eigenvalue weighted by Gasteiger charge is -2.21. The van der Waals surface area contributed by atoms with Crippen LogP contribution in [0.5, 0.6) is 0 Å². The Morgan fingerprint density at radius 3 is 2.71 bits per heavy atom. The Morgan fingerprint density at radius 1 is 1.50 bits per heavy atom. The molecule has 0 N–H and O–H groups in total. The third-order valence-corrected chi connectivity index (χ3v) is 1.99. The van der Waals surface area contributed by atoms with Crippen LogP contribution in [0.4, 0.5) is 0 Å². The maximum Gasteiger partial charge on any atom is 0.185 e. The van der Waals surface area contributed by atoms with E-state index in [1.807, 2.05) is 13.8 Å². The van der Waals surface area contributed by atoms with Crippen molar-refractivity contribution in [1.82, 2.24) is 9.97 Å². The summed E-state index contributed by atoms with van der Waals surface area (Å²) in [6.07, 6.45) is 4.82. The van der Waals surface area contributed by atoms with Gasteiger partial charge in [0, 0.05) is 25.9 Å². The van der Waals surface area contributed by atoms with E-state index in [0.717, 1.165) is 0 Å². The fraction of sp³-hybridized carbons (Fsp3) is 0.500. The molecule has 1 aromatic rings. The van der Waals surface area contributed by atoms with E-state index in [-0.39, 0.29) is 5.78 Å². The van der Waals surface area contributed by atoms with Gasteiger partial charge in [0.2, 0.25) is 0 Å². The topological polar surface area (TPSA) is 52.1 Å². The number of Topliss-reactive ketones (excluding diaryl/α,β-unsaturated/α-hetero) is 1. The van der Waals surface area contributed by atoms with Crippen LogP contribution in [0.15, 0.2) is 18.6 Å². The van der Waals surface area contributed by atoms with E-state index >= 15 is 0 Å². The predicted molar refractivity (Wildman–Crippen MR) is 52.1 cm³/mol. The molecule has 76 valence electrons. The molecule has 1 rings (SSSR count). The first kappa shape index (κ1) is 10.8. The summed E-state index contributed by atoms with van der Waals surface area (Å²) >= 11 is 0. The van der Waals surface area contributed by atoms with Gasteiger partial charge in [-0.05, 0) is 13.8 Å². The Hall–Kier alpha value is -1.29. The average Bonchev–Trinajstić information content (AvgIpc) is 2.19. The number of hydrogen-bond acceptors (Lipinski definition) is 4. The van der Waals surface area contributed by atoms with E-state index < -0.39 is 5.60 Å². The van der Waals surface area contributed by atoms with Crippen LogP contribution in [-0.2, 0) is 4.74 Å². The molecule has 4 heteroatoms. The molecule has 0 spiro atoms. The van der Waals surface area contributed by atoms with Gasteiger partial charge in [-0.25, -0.2) is 4.98 Å². The summed E-state index contributed by atoms with van der Waals surface area (Å²) in [6.45, 7) is 3.72. The summed E-state index contributed by atoms with van der Waals surface area (Å²) in [5.41, 5.74) is -0.0631. The highest BCUT2D eigenvalue weighted by atomic mass is 16.5. The minimum absolute atomic E-state index is 0.0510. The molecule has 0 unspecified atom stereocenters. The lowest BCUT2D eigenvalue weighted by Crippen LogP contribution is -2.26. The van der Waals surface area contributed by atoms with Gasteiger partial charge in [-0.15, -0.1) is 0 Å². The summed E-state index contributed by atoms with van der Waals surface area (Å²) < 4.78 is 5.16. The first-order valence-corrected chi connectivity index (χ1v) is 4.39. The Balaban J connectivity index is 2.69. The number of aromatic nitrogens is 2. The third-order valence-electron chi connectivity index (χ3n) is 1.99. The van der Waals surface area contributed by atoms with Crippen LogP contribution in [0.3, 0.4) is 0 Å². The lowest BCUT2D eigenvalue weighted by atomic mass is 10.0. The van der Waals surface area contributed by atoms with Gasteiger partial charge in [0.1, 0.15) is 5.69 Å². The molecule has 0 saturated carbocycles. The molecule has 0 radical (unpaired) electrons. The molecular weight excluding hydrogens is 180 g/mol. The maximum absolute atomic E-state index is 11.6. The number of hydrogen-bond donors (Lipinski definition) is 0. The van der Waals surface area contributed by atoms with Crippen LogP contribution < -0.4 is 0 Å². The van der Waals surface area contributed by atoms with Crippen molar-refractivity contribution in [3.05, 3.63) is 24.3 Å². The number of rotatable bonds is 4. The Labute approximate surface area is 83.3 Å². The number of ether oxygens (including phenoxy) is 1. The van der Waals surface area contributed by atoms with Gasteiger partial charge in [0.05, 0.1) is 11.8 Å². The molecular formula is C10H14N2O2. The van der Waals surface area contributed by atoms with Crippen molar-refractivity contribution in [1.29, 1.82) is 0 Å². The van der Waals surface area contributed by atoms with Crippen molar-refractivity contribution in [3.8, 4) is 0 Å². The second-order valence-electron chi connectivity index (χ2n) is 3.65. The normalized spacial score (nSPS) is 11.4. The molecule has 1 heterocycles. The number of carbonyl (C=O) groups is 1. The molecule has 0 atom stereocenters. The van der Waals surface area contributed by atoms with Crippen LogP contribution in [0.2, 0.25) is 0 Å². The summed E-state index contributed by atoms with van der Waals surface area (Å²) in [7, 11) is 1.59. The van der Waals surface area contributed by atoms with Crippen LogP contribution in [-0.4, -0.2) is 28.5 Å². The molecule has 0 amide bonds. The van der Waals surface area contributed by atoms with E-state index in [4.69, 9.17) is 4.74 Å². The van der Waals surface area contributed by atoms with Crippen molar-refractivity contribution in [2.24, 2.45) is 0 Å². The molecule has 0 saturated heterocycles. The summed E-state index contributed by atoms with van der Waals surface area (Å²) in [5, 5.41) is 0.